The molecule has 2 amide bonds. The van der Waals surface area contributed by atoms with Gasteiger partial charge in [-0.15, -0.1) is 11.3 Å². The molecule has 3 aliphatic rings. The fourth-order valence-electron chi connectivity index (χ4n) is 4.25. The van der Waals surface area contributed by atoms with Gasteiger partial charge in [0.2, 0.25) is 5.91 Å². The van der Waals surface area contributed by atoms with Crippen LogP contribution in [0.2, 0.25) is 0 Å². The quantitative estimate of drug-likeness (QED) is 0.849. The van der Waals surface area contributed by atoms with Crippen LogP contribution in [0.15, 0.2) is 6.07 Å². The summed E-state index contributed by atoms with van der Waals surface area (Å²) in [6, 6.07) is 2.35. The zero-order chi connectivity index (χ0) is 18.8. The molecule has 2 saturated heterocycles. The van der Waals surface area contributed by atoms with Crippen LogP contribution in [-0.4, -0.2) is 74.1 Å². The number of carbonyl (C=O) groups is 2. The molecule has 6 nitrogen and oxygen atoms in total. The molecule has 4 rings (SSSR count). The Hall–Kier alpha value is -1.44. The summed E-state index contributed by atoms with van der Waals surface area (Å²) in [6.45, 7) is 4.69. The van der Waals surface area contributed by atoms with Crippen LogP contribution in [0.4, 0.5) is 0 Å². The van der Waals surface area contributed by atoms with Crippen molar-refractivity contribution < 1.29 is 14.3 Å². The number of hydrogen-bond acceptors (Lipinski definition) is 5. The van der Waals surface area contributed by atoms with Gasteiger partial charge in [0.05, 0.1) is 18.1 Å². The number of aryl methyl sites for hydroxylation is 1. The van der Waals surface area contributed by atoms with Gasteiger partial charge in [-0.2, -0.15) is 0 Å². The maximum absolute atomic E-state index is 12.7. The first kappa shape index (κ1) is 18.9. The number of likely N-dealkylation sites (tertiary alicyclic amines) is 1. The fraction of sp³-hybridized carbons (Fsp3) is 0.700. The minimum atomic E-state index is 0.0399. The second-order valence-electron chi connectivity index (χ2n) is 7.99. The van der Waals surface area contributed by atoms with Crippen molar-refractivity contribution in [3.63, 3.8) is 0 Å². The Bertz CT molecular complexity index is 691. The lowest BCUT2D eigenvalue weighted by Crippen LogP contribution is -2.46. The average Bonchev–Trinajstić information content (AvgIpc) is 3.13. The van der Waals surface area contributed by atoms with Crippen LogP contribution in [0.3, 0.4) is 0 Å². The van der Waals surface area contributed by atoms with Crippen molar-refractivity contribution in [2.45, 2.75) is 38.1 Å². The second kappa shape index (κ2) is 8.29. The first-order valence-electron chi connectivity index (χ1n) is 10.1. The topological polar surface area (TPSA) is 61.9 Å². The summed E-state index contributed by atoms with van der Waals surface area (Å²) in [7, 11) is 2.13. The third-order valence-electron chi connectivity index (χ3n) is 6.03. The predicted molar refractivity (Wildman–Crippen MR) is 105 cm³/mol. The zero-order valence-electron chi connectivity index (χ0n) is 16.0. The lowest BCUT2D eigenvalue weighted by Gasteiger charge is -2.31. The molecule has 0 spiro atoms. The fourth-order valence-corrected chi connectivity index (χ4v) is 5.42. The lowest BCUT2D eigenvalue weighted by molar-refractivity contribution is -0.126. The smallest absolute Gasteiger partial charge is 0.264 e. The molecular formula is C20H29N3O3S. The minimum absolute atomic E-state index is 0.0399. The molecule has 1 aromatic heterocycles. The van der Waals surface area contributed by atoms with Crippen LogP contribution >= 0.6 is 11.3 Å². The summed E-state index contributed by atoms with van der Waals surface area (Å²) in [5.41, 5.74) is 1.20. The van der Waals surface area contributed by atoms with Crippen molar-refractivity contribution in [1.82, 2.24) is 15.1 Å². The van der Waals surface area contributed by atoms with Crippen molar-refractivity contribution >= 4 is 23.2 Å². The molecule has 3 heterocycles. The van der Waals surface area contributed by atoms with Gasteiger partial charge in [0.1, 0.15) is 0 Å². The van der Waals surface area contributed by atoms with E-state index in [0.717, 1.165) is 50.1 Å². The Balaban J connectivity index is 1.36. The molecule has 0 radical (unpaired) electrons. The van der Waals surface area contributed by atoms with Crippen LogP contribution in [0.1, 0.15) is 39.4 Å². The molecule has 1 N–H and O–H groups in total. The van der Waals surface area contributed by atoms with Crippen LogP contribution < -0.4 is 5.32 Å². The molecule has 1 aromatic rings. The van der Waals surface area contributed by atoms with Gasteiger partial charge in [-0.1, -0.05) is 0 Å². The molecule has 1 aliphatic carbocycles. The van der Waals surface area contributed by atoms with Gasteiger partial charge in [0.25, 0.3) is 5.91 Å². The van der Waals surface area contributed by atoms with Gasteiger partial charge in [0, 0.05) is 29.9 Å². The van der Waals surface area contributed by atoms with Gasteiger partial charge in [-0.05, 0) is 63.9 Å². The summed E-state index contributed by atoms with van der Waals surface area (Å²) in [5, 5.41) is 3.27. The number of fused-ring (bicyclic) bond motifs is 1. The van der Waals surface area contributed by atoms with E-state index in [-0.39, 0.29) is 17.7 Å². The number of amides is 2. The van der Waals surface area contributed by atoms with Gasteiger partial charge in [0.15, 0.2) is 0 Å². The lowest BCUT2D eigenvalue weighted by atomic mass is 9.87. The summed E-state index contributed by atoms with van der Waals surface area (Å²) in [4.78, 5) is 31.8. The minimum Gasteiger partial charge on any atom is -0.378 e. The Kier molecular flexibility index (Phi) is 5.80. The van der Waals surface area contributed by atoms with E-state index < -0.39 is 0 Å². The van der Waals surface area contributed by atoms with Crippen molar-refractivity contribution in [2.24, 2.45) is 5.92 Å². The van der Waals surface area contributed by atoms with Crippen molar-refractivity contribution in [3.05, 3.63) is 21.4 Å². The van der Waals surface area contributed by atoms with Crippen LogP contribution in [0, 0.1) is 5.92 Å². The number of ether oxygens (including phenoxy) is 1. The van der Waals surface area contributed by atoms with Gasteiger partial charge < -0.3 is 19.9 Å². The van der Waals surface area contributed by atoms with Crippen molar-refractivity contribution in [1.29, 1.82) is 0 Å². The normalized spacial score (nSPS) is 24.5. The van der Waals surface area contributed by atoms with Crippen LogP contribution in [0.5, 0.6) is 0 Å². The zero-order valence-corrected chi connectivity index (χ0v) is 16.9. The molecule has 0 unspecified atom stereocenters. The van der Waals surface area contributed by atoms with E-state index in [9.17, 15) is 9.59 Å². The van der Waals surface area contributed by atoms with E-state index in [2.05, 4.69) is 17.3 Å². The molecule has 2 aliphatic heterocycles. The molecule has 1 atom stereocenters. The standard InChI is InChI=1S/C20H29N3O3S/c1-22-6-4-16(5-7-22)21-19(24)14-2-3-17-15(12-14)13-18(27-17)20(25)23-8-10-26-11-9-23/h13-14,16H,2-12H2,1H3,(H,21,24)/t14-/m0/s1. The number of nitrogens with zero attached hydrogens (tertiary/aromatic N) is 2. The Morgan fingerprint density at radius 1 is 1.15 bits per heavy atom. The largest absolute Gasteiger partial charge is 0.378 e. The van der Waals surface area contributed by atoms with Gasteiger partial charge in [-0.25, -0.2) is 0 Å². The second-order valence-corrected chi connectivity index (χ2v) is 9.13. The van der Waals surface area contributed by atoms with E-state index in [1.54, 1.807) is 11.3 Å². The number of hydrogen-bond donors (Lipinski definition) is 1. The van der Waals surface area contributed by atoms with Crippen LogP contribution in [-0.2, 0) is 22.4 Å². The average molecular weight is 392 g/mol. The summed E-state index contributed by atoms with van der Waals surface area (Å²) >= 11 is 1.62. The number of thiophene rings is 1. The summed E-state index contributed by atoms with van der Waals surface area (Å²) < 4.78 is 5.34. The molecule has 0 aromatic carbocycles. The van der Waals surface area contributed by atoms with E-state index in [1.807, 2.05) is 11.0 Å². The molecule has 27 heavy (non-hydrogen) atoms. The predicted octanol–water partition coefficient (Wildman–Crippen LogP) is 1.54. The highest BCUT2D eigenvalue weighted by Crippen LogP contribution is 2.33. The number of carbonyl (C=O) groups excluding carboxylic acids is 2. The highest BCUT2D eigenvalue weighted by Gasteiger charge is 2.30. The number of morpholine rings is 1. The van der Waals surface area contributed by atoms with Crippen molar-refractivity contribution in [2.75, 3.05) is 46.4 Å². The van der Waals surface area contributed by atoms with E-state index in [4.69, 9.17) is 4.74 Å². The SMILES string of the molecule is CN1CCC(NC(=O)[C@H]2CCc3sc(C(=O)N4CCOCC4)cc3C2)CC1. The summed E-state index contributed by atoms with van der Waals surface area (Å²) in [5.74, 6) is 0.352. The summed E-state index contributed by atoms with van der Waals surface area (Å²) in [6.07, 6.45) is 4.63. The molecule has 0 bridgehead atoms. The Morgan fingerprint density at radius 3 is 2.63 bits per heavy atom. The van der Waals surface area contributed by atoms with Crippen LogP contribution in [0.25, 0.3) is 0 Å². The number of rotatable bonds is 3. The first-order chi connectivity index (χ1) is 13.1. The third kappa shape index (κ3) is 4.36. The molecule has 148 valence electrons. The maximum Gasteiger partial charge on any atom is 0.264 e. The third-order valence-corrected chi connectivity index (χ3v) is 7.25. The monoisotopic (exact) mass is 391 g/mol. The molecule has 0 saturated carbocycles. The Morgan fingerprint density at radius 2 is 1.89 bits per heavy atom. The van der Waals surface area contributed by atoms with Crippen molar-refractivity contribution in [3.8, 4) is 0 Å². The first-order valence-corrected chi connectivity index (χ1v) is 10.9. The van der Waals surface area contributed by atoms with Gasteiger partial charge in [-0.3, -0.25) is 9.59 Å². The van der Waals surface area contributed by atoms with Gasteiger partial charge >= 0.3 is 0 Å². The van der Waals surface area contributed by atoms with E-state index in [1.165, 1.54) is 10.4 Å². The molecular weight excluding hydrogens is 362 g/mol. The highest BCUT2D eigenvalue weighted by molar-refractivity contribution is 7.14. The molecule has 2 fully saturated rings. The number of nitrogens with one attached hydrogen (secondary N) is 1. The number of piperidine rings is 1. The highest BCUT2D eigenvalue weighted by atomic mass is 32.1. The van der Waals surface area contributed by atoms with E-state index in [0.29, 0.717) is 32.3 Å². The van der Waals surface area contributed by atoms with E-state index >= 15 is 0 Å². The Labute approximate surface area is 164 Å². The molecule has 7 heteroatoms. The maximum atomic E-state index is 12.7.